The summed E-state index contributed by atoms with van der Waals surface area (Å²) in [5.74, 6) is 0.118. The highest BCUT2D eigenvalue weighted by atomic mass is 16.6. The Morgan fingerprint density at radius 3 is 2.59 bits per heavy atom. The van der Waals surface area contributed by atoms with Crippen molar-refractivity contribution in [3.63, 3.8) is 0 Å². The number of aliphatic hydroxyl groups excluding tert-OH is 1. The lowest BCUT2D eigenvalue weighted by Gasteiger charge is -2.17. The van der Waals surface area contributed by atoms with E-state index in [1.165, 1.54) is 0 Å². The molecular formula is C25H26N2O5. The number of nitrogens with zero attached hydrogens (tertiary/aromatic N) is 1. The molecule has 0 bridgehead atoms. The van der Waals surface area contributed by atoms with E-state index in [-0.39, 0.29) is 12.3 Å². The Hall–Kier alpha value is -3.42. The molecule has 0 aliphatic heterocycles. The summed E-state index contributed by atoms with van der Waals surface area (Å²) in [6.07, 6.45) is 0.171. The minimum Gasteiger partial charge on any atom is -0.489 e. The number of nitrogens with one attached hydrogen (secondary N) is 1. The molecule has 0 aliphatic carbocycles. The van der Waals surface area contributed by atoms with Gasteiger partial charge in [0.05, 0.1) is 24.4 Å². The standard InChI is InChI=1S/C25H26N2O5/c1-15(28)16(2)32-25(29)24-20(14-30-3)23-19-11-18(31-13-17-7-5-4-6-8-17)9-10-21(19)27-22(23)12-26-24/h4-12,15-16,27-28H,13-14H2,1-3H3. The molecule has 0 aliphatic rings. The molecule has 2 heterocycles. The first-order valence-corrected chi connectivity index (χ1v) is 10.5. The van der Waals surface area contributed by atoms with Crippen LogP contribution in [0.25, 0.3) is 21.8 Å². The summed E-state index contributed by atoms with van der Waals surface area (Å²) in [7, 11) is 1.57. The monoisotopic (exact) mass is 434 g/mol. The van der Waals surface area contributed by atoms with Gasteiger partial charge in [-0.1, -0.05) is 30.3 Å². The van der Waals surface area contributed by atoms with Gasteiger partial charge in [0.15, 0.2) is 5.69 Å². The van der Waals surface area contributed by atoms with Crippen LogP contribution in [0, 0.1) is 0 Å². The maximum absolute atomic E-state index is 12.8. The van der Waals surface area contributed by atoms with Gasteiger partial charge in [0.1, 0.15) is 18.5 Å². The molecule has 2 atom stereocenters. The quantitative estimate of drug-likeness (QED) is 0.400. The predicted molar refractivity (Wildman–Crippen MR) is 122 cm³/mol. The highest BCUT2D eigenvalue weighted by Crippen LogP contribution is 2.33. The van der Waals surface area contributed by atoms with Crippen molar-refractivity contribution in [1.29, 1.82) is 0 Å². The number of methoxy groups -OCH3 is 1. The van der Waals surface area contributed by atoms with E-state index in [0.29, 0.717) is 17.9 Å². The maximum atomic E-state index is 12.8. The highest BCUT2D eigenvalue weighted by molar-refractivity contribution is 6.11. The second-order valence-electron chi connectivity index (χ2n) is 7.76. The summed E-state index contributed by atoms with van der Waals surface area (Å²) in [6.45, 7) is 3.84. The number of fused-ring (bicyclic) bond motifs is 3. The van der Waals surface area contributed by atoms with Crippen molar-refractivity contribution >= 4 is 27.8 Å². The summed E-state index contributed by atoms with van der Waals surface area (Å²) in [5, 5.41) is 11.4. The van der Waals surface area contributed by atoms with Gasteiger partial charge >= 0.3 is 5.97 Å². The fourth-order valence-corrected chi connectivity index (χ4v) is 3.55. The van der Waals surface area contributed by atoms with Crippen molar-refractivity contribution in [3.8, 4) is 5.75 Å². The molecule has 166 valence electrons. The Balaban J connectivity index is 1.74. The molecule has 4 rings (SSSR count). The highest BCUT2D eigenvalue weighted by Gasteiger charge is 2.23. The molecule has 0 saturated heterocycles. The van der Waals surface area contributed by atoms with E-state index < -0.39 is 18.2 Å². The number of carbonyl (C=O) groups is 1. The Morgan fingerprint density at radius 2 is 1.88 bits per heavy atom. The van der Waals surface area contributed by atoms with Crippen molar-refractivity contribution in [2.24, 2.45) is 0 Å². The number of aliphatic hydroxyl groups is 1. The molecule has 0 radical (unpaired) electrons. The van der Waals surface area contributed by atoms with Crippen molar-refractivity contribution in [1.82, 2.24) is 9.97 Å². The van der Waals surface area contributed by atoms with Gasteiger partial charge in [0.2, 0.25) is 0 Å². The number of hydrogen-bond donors (Lipinski definition) is 2. The summed E-state index contributed by atoms with van der Waals surface area (Å²) < 4.78 is 16.8. The largest absolute Gasteiger partial charge is 0.489 e. The van der Waals surface area contributed by atoms with Crippen molar-refractivity contribution < 1.29 is 24.1 Å². The molecule has 2 aromatic heterocycles. The summed E-state index contributed by atoms with van der Waals surface area (Å²) >= 11 is 0. The number of carbonyl (C=O) groups excluding carboxylic acids is 1. The smallest absolute Gasteiger partial charge is 0.357 e. The minimum absolute atomic E-state index is 0.170. The van der Waals surface area contributed by atoms with Gasteiger partial charge in [-0.3, -0.25) is 0 Å². The van der Waals surface area contributed by atoms with Crippen LogP contribution in [0.4, 0.5) is 0 Å². The molecule has 0 amide bonds. The molecule has 0 spiro atoms. The molecule has 2 aromatic carbocycles. The molecule has 7 heteroatoms. The Labute approximate surface area is 185 Å². The molecule has 4 aromatic rings. The zero-order chi connectivity index (χ0) is 22.7. The third-order valence-electron chi connectivity index (χ3n) is 5.41. The Bertz CT molecular complexity index is 1230. The average Bonchev–Trinajstić information content (AvgIpc) is 3.17. The number of H-pyrrole nitrogens is 1. The fraction of sp³-hybridized carbons (Fsp3) is 0.280. The topological polar surface area (TPSA) is 93.7 Å². The first-order chi connectivity index (χ1) is 15.5. The fourth-order valence-electron chi connectivity index (χ4n) is 3.55. The van der Waals surface area contributed by atoms with Crippen molar-refractivity contribution in [2.45, 2.75) is 39.3 Å². The summed E-state index contributed by atoms with van der Waals surface area (Å²) in [6, 6.07) is 15.7. The first kappa shape index (κ1) is 21.8. The van der Waals surface area contributed by atoms with Gasteiger partial charge in [-0.25, -0.2) is 9.78 Å². The lowest BCUT2D eigenvalue weighted by atomic mass is 10.1. The minimum atomic E-state index is -0.786. The normalized spacial score (nSPS) is 13.2. The van der Waals surface area contributed by atoms with Crippen LogP contribution in [0.15, 0.2) is 54.7 Å². The van der Waals surface area contributed by atoms with E-state index in [9.17, 15) is 9.90 Å². The van der Waals surface area contributed by atoms with Crippen LogP contribution in [-0.2, 0) is 22.7 Å². The van der Waals surface area contributed by atoms with E-state index >= 15 is 0 Å². The number of rotatable bonds is 8. The molecule has 32 heavy (non-hydrogen) atoms. The van der Waals surface area contributed by atoms with Crippen LogP contribution in [0.1, 0.15) is 35.5 Å². The third-order valence-corrected chi connectivity index (χ3v) is 5.41. The van der Waals surface area contributed by atoms with Crippen LogP contribution < -0.4 is 4.74 Å². The van der Waals surface area contributed by atoms with E-state index in [4.69, 9.17) is 14.2 Å². The molecule has 0 fully saturated rings. The lowest BCUT2D eigenvalue weighted by Crippen LogP contribution is -2.27. The molecule has 2 N–H and O–H groups in total. The number of aromatic amines is 1. The van der Waals surface area contributed by atoms with Crippen LogP contribution in [0.3, 0.4) is 0 Å². The number of pyridine rings is 1. The average molecular weight is 434 g/mol. The molecular weight excluding hydrogens is 408 g/mol. The third kappa shape index (κ3) is 4.44. The number of esters is 1. The van der Waals surface area contributed by atoms with Crippen LogP contribution in [0.2, 0.25) is 0 Å². The van der Waals surface area contributed by atoms with Gasteiger partial charge in [0, 0.05) is 29.0 Å². The summed E-state index contributed by atoms with van der Waals surface area (Å²) in [5.41, 5.74) is 3.55. The van der Waals surface area contributed by atoms with Crippen LogP contribution in [-0.4, -0.2) is 40.4 Å². The lowest BCUT2D eigenvalue weighted by molar-refractivity contribution is -0.00546. The van der Waals surface area contributed by atoms with E-state index in [1.807, 2.05) is 48.5 Å². The molecule has 0 saturated carbocycles. The maximum Gasteiger partial charge on any atom is 0.357 e. The van der Waals surface area contributed by atoms with Gasteiger partial charge in [-0.05, 0) is 37.6 Å². The number of aromatic nitrogens is 2. The number of benzene rings is 2. The molecule has 2 unspecified atom stereocenters. The zero-order valence-electron chi connectivity index (χ0n) is 18.3. The van der Waals surface area contributed by atoms with Crippen molar-refractivity contribution in [3.05, 3.63) is 71.5 Å². The molecule has 7 nitrogen and oxygen atoms in total. The van der Waals surface area contributed by atoms with E-state index in [1.54, 1.807) is 27.2 Å². The van der Waals surface area contributed by atoms with E-state index in [0.717, 1.165) is 27.4 Å². The SMILES string of the molecule is COCc1c(C(=O)OC(C)C(C)O)ncc2[nH]c3ccc(OCc4ccccc4)cc3c12. The van der Waals surface area contributed by atoms with Crippen LogP contribution in [0.5, 0.6) is 5.75 Å². The van der Waals surface area contributed by atoms with Gasteiger partial charge in [-0.2, -0.15) is 0 Å². The zero-order valence-corrected chi connectivity index (χ0v) is 18.3. The van der Waals surface area contributed by atoms with E-state index in [2.05, 4.69) is 9.97 Å². The van der Waals surface area contributed by atoms with Crippen LogP contribution >= 0.6 is 0 Å². The van der Waals surface area contributed by atoms with Gasteiger partial charge < -0.3 is 24.3 Å². The van der Waals surface area contributed by atoms with Gasteiger partial charge in [-0.15, -0.1) is 0 Å². The first-order valence-electron chi connectivity index (χ1n) is 10.5. The summed E-state index contributed by atoms with van der Waals surface area (Å²) in [4.78, 5) is 20.5. The number of ether oxygens (including phenoxy) is 3. The second kappa shape index (κ2) is 9.38. The Kier molecular flexibility index (Phi) is 6.39. The van der Waals surface area contributed by atoms with Crippen molar-refractivity contribution in [2.75, 3.05) is 7.11 Å². The predicted octanol–water partition coefficient (Wildman–Crippen LogP) is 4.37. The number of hydrogen-bond acceptors (Lipinski definition) is 6. The second-order valence-corrected chi connectivity index (χ2v) is 7.76. The van der Waals surface area contributed by atoms with Gasteiger partial charge in [0.25, 0.3) is 0 Å². The Morgan fingerprint density at radius 1 is 1.09 bits per heavy atom.